The zero-order valence-corrected chi connectivity index (χ0v) is 11.6. The second-order valence-corrected chi connectivity index (χ2v) is 6.85. The Balaban J connectivity index is 2.54. The molecule has 96 valence electrons. The van der Waals surface area contributed by atoms with Gasteiger partial charge in [0.1, 0.15) is 0 Å². The first-order chi connectivity index (χ1) is 7.47. The zero-order chi connectivity index (χ0) is 12.2. The van der Waals surface area contributed by atoms with E-state index in [0.29, 0.717) is 18.8 Å². The van der Waals surface area contributed by atoms with Crippen molar-refractivity contribution in [3.8, 4) is 0 Å². The SMILES string of the molecule is CC1CN(C)CCN1S(=O)(=O)CCCCCl. The number of sulfonamides is 1. The molecule has 0 radical (unpaired) electrons. The molecular weight excluding hydrogens is 248 g/mol. The van der Waals surface area contributed by atoms with Crippen molar-refractivity contribution in [1.29, 1.82) is 0 Å². The molecule has 0 N–H and O–H groups in total. The molecule has 0 aliphatic carbocycles. The predicted octanol–water partition coefficient (Wildman–Crippen LogP) is 0.971. The van der Waals surface area contributed by atoms with Crippen molar-refractivity contribution in [1.82, 2.24) is 9.21 Å². The van der Waals surface area contributed by atoms with Crippen LogP contribution in [0, 0.1) is 0 Å². The van der Waals surface area contributed by atoms with E-state index < -0.39 is 10.0 Å². The van der Waals surface area contributed by atoms with E-state index in [1.165, 1.54) is 0 Å². The zero-order valence-electron chi connectivity index (χ0n) is 10.0. The number of nitrogens with zero attached hydrogens (tertiary/aromatic N) is 2. The van der Waals surface area contributed by atoms with Gasteiger partial charge in [0.25, 0.3) is 0 Å². The Morgan fingerprint density at radius 3 is 2.56 bits per heavy atom. The number of hydrogen-bond acceptors (Lipinski definition) is 3. The molecule has 0 amide bonds. The summed E-state index contributed by atoms with van der Waals surface area (Å²) in [6.45, 7) is 4.21. The number of unbranched alkanes of at least 4 members (excludes halogenated alkanes) is 1. The Labute approximate surface area is 104 Å². The van der Waals surface area contributed by atoms with E-state index in [4.69, 9.17) is 11.6 Å². The molecule has 1 atom stereocenters. The van der Waals surface area contributed by atoms with Crippen LogP contribution in [0.25, 0.3) is 0 Å². The van der Waals surface area contributed by atoms with Crippen LogP contribution in [0.3, 0.4) is 0 Å². The van der Waals surface area contributed by atoms with Crippen LogP contribution in [0.5, 0.6) is 0 Å². The van der Waals surface area contributed by atoms with Crippen LogP contribution in [-0.4, -0.2) is 62.0 Å². The van der Waals surface area contributed by atoms with E-state index in [2.05, 4.69) is 4.90 Å². The van der Waals surface area contributed by atoms with Crippen LogP contribution in [0.1, 0.15) is 19.8 Å². The van der Waals surface area contributed by atoms with Gasteiger partial charge in [0, 0.05) is 31.6 Å². The third-order valence-corrected chi connectivity index (χ3v) is 5.24. The quantitative estimate of drug-likeness (QED) is 0.551. The number of likely N-dealkylation sites (N-methyl/N-ethyl adjacent to an activating group) is 1. The van der Waals surface area contributed by atoms with E-state index in [0.717, 1.165) is 19.5 Å². The van der Waals surface area contributed by atoms with Crippen molar-refractivity contribution in [3.05, 3.63) is 0 Å². The van der Waals surface area contributed by atoms with Gasteiger partial charge in [-0.1, -0.05) is 0 Å². The Morgan fingerprint density at radius 2 is 2.00 bits per heavy atom. The van der Waals surface area contributed by atoms with E-state index >= 15 is 0 Å². The molecule has 16 heavy (non-hydrogen) atoms. The molecule has 0 spiro atoms. The van der Waals surface area contributed by atoms with Crippen molar-refractivity contribution in [2.75, 3.05) is 38.3 Å². The predicted molar refractivity (Wildman–Crippen MR) is 67.4 cm³/mol. The van der Waals surface area contributed by atoms with Gasteiger partial charge in [-0.25, -0.2) is 8.42 Å². The number of hydrogen-bond donors (Lipinski definition) is 0. The molecule has 1 saturated heterocycles. The lowest BCUT2D eigenvalue weighted by atomic mass is 10.2. The fraction of sp³-hybridized carbons (Fsp3) is 1.00. The van der Waals surface area contributed by atoms with Gasteiger partial charge in [0.05, 0.1) is 5.75 Å². The lowest BCUT2D eigenvalue weighted by Gasteiger charge is -2.37. The minimum Gasteiger partial charge on any atom is -0.303 e. The highest BCUT2D eigenvalue weighted by atomic mass is 35.5. The van der Waals surface area contributed by atoms with Crippen LogP contribution in [0.2, 0.25) is 0 Å². The van der Waals surface area contributed by atoms with Gasteiger partial charge < -0.3 is 4.90 Å². The highest BCUT2D eigenvalue weighted by Crippen LogP contribution is 2.14. The van der Waals surface area contributed by atoms with E-state index in [1.54, 1.807) is 4.31 Å². The van der Waals surface area contributed by atoms with Crippen molar-refractivity contribution in [2.45, 2.75) is 25.8 Å². The first-order valence-corrected chi connectivity index (χ1v) is 7.86. The van der Waals surface area contributed by atoms with Gasteiger partial charge in [-0.2, -0.15) is 4.31 Å². The van der Waals surface area contributed by atoms with Crippen LogP contribution >= 0.6 is 11.6 Å². The summed E-state index contributed by atoms with van der Waals surface area (Å²) in [5.41, 5.74) is 0. The number of rotatable bonds is 5. The maximum atomic E-state index is 12.0. The molecule has 4 nitrogen and oxygen atoms in total. The summed E-state index contributed by atoms with van der Waals surface area (Å²) in [6, 6.07) is 0.0831. The number of piperazine rings is 1. The van der Waals surface area contributed by atoms with E-state index in [9.17, 15) is 8.42 Å². The molecular formula is C10H21ClN2O2S. The molecule has 1 aliphatic heterocycles. The minimum absolute atomic E-state index is 0.0831. The van der Waals surface area contributed by atoms with Crippen LogP contribution in [0.4, 0.5) is 0 Å². The molecule has 1 heterocycles. The third kappa shape index (κ3) is 3.87. The molecule has 6 heteroatoms. The second-order valence-electron chi connectivity index (χ2n) is 4.43. The lowest BCUT2D eigenvalue weighted by molar-refractivity contribution is 0.170. The van der Waals surface area contributed by atoms with Crippen LogP contribution in [0.15, 0.2) is 0 Å². The topological polar surface area (TPSA) is 40.6 Å². The monoisotopic (exact) mass is 268 g/mol. The Kier molecular flexibility index (Phi) is 5.50. The van der Waals surface area contributed by atoms with E-state index in [1.807, 2.05) is 14.0 Å². The normalized spacial score (nSPS) is 24.8. The maximum Gasteiger partial charge on any atom is 0.214 e. The average Bonchev–Trinajstić information content (AvgIpc) is 2.17. The summed E-state index contributed by atoms with van der Waals surface area (Å²) in [7, 11) is -1.06. The van der Waals surface area contributed by atoms with Gasteiger partial charge in [0.2, 0.25) is 10.0 Å². The van der Waals surface area contributed by atoms with Gasteiger partial charge in [-0.3, -0.25) is 0 Å². The summed E-state index contributed by atoms with van der Waals surface area (Å²) < 4.78 is 25.7. The molecule has 1 rings (SSSR count). The minimum atomic E-state index is -3.08. The van der Waals surface area contributed by atoms with Gasteiger partial charge >= 0.3 is 0 Å². The summed E-state index contributed by atoms with van der Waals surface area (Å²) in [6.07, 6.45) is 1.42. The van der Waals surface area contributed by atoms with Crippen molar-refractivity contribution < 1.29 is 8.42 Å². The first-order valence-electron chi connectivity index (χ1n) is 5.71. The number of alkyl halides is 1. The Morgan fingerprint density at radius 1 is 1.31 bits per heavy atom. The first kappa shape index (κ1) is 14.2. The molecule has 0 aromatic carbocycles. The Bertz CT molecular complexity index is 308. The van der Waals surface area contributed by atoms with Crippen LogP contribution < -0.4 is 0 Å². The Hall–Kier alpha value is 0.160. The highest BCUT2D eigenvalue weighted by Gasteiger charge is 2.30. The van der Waals surface area contributed by atoms with Crippen molar-refractivity contribution in [2.24, 2.45) is 0 Å². The lowest BCUT2D eigenvalue weighted by Crippen LogP contribution is -2.53. The standard InChI is InChI=1S/C10H21ClN2O2S/c1-10-9-12(2)6-7-13(10)16(14,15)8-4-3-5-11/h10H,3-9H2,1-2H3. The molecule has 0 saturated carbocycles. The van der Waals surface area contributed by atoms with Gasteiger partial charge in [0.15, 0.2) is 0 Å². The molecule has 1 unspecified atom stereocenters. The van der Waals surface area contributed by atoms with Gasteiger partial charge in [-0.05, 0) is 26.8 Å². The third-order valence-electron chi connectivity index (χ3n) is 2.91. The average molecular weight is 269 g/mol. The highest BCUT2D eigenvalue weighted by molar-refractivity contribution is 7.89. The summed E-state index contributed by atoms with van der Waals surface area (Å²) in [4.78, 5) is 2.16. The largest absolute Gasteiger partial charge is 0.303 e. The molecule has 1 fully saturated rings. The molecule has 0 aromatic rings. The van der Waals surface area contributed by atoms with Crippen molar-refractivity contribution in [3.63, 3.8) is 0 Å². The fourth-order valence-electron chi connectivity index (χ4n) is 2.03. The van der Waals surface area contributed by atoms with Crippen LogP contribution in [-0.2, 0) is 10.0 Å². The maximum absolute atomic E-state index is 12.0. The fourth-order valence-corrected chi connectivity index (χ4v) is 4.00. The molecule has 0 bridgehead atoms. The molecule has 1 aliphatic rings. The summed E-state index contributed by atoms with van der Waals surface area (Å²) >= 11 is 5.55. The van der Waals surface area contributed by atoms with Crippen molar-refractivity contribution >= 4 is 21.6 Å². The molecule has 0 aromatic heterocycles. The van der Waals surface area contributed by atoms with Gasteiger partial charge in [-0.15, -0.1) is 11.6 Å². The van der Waals surface area contributed by atoms with E-state index in [-0.39, 0.29) is 11.8 Å². The smallest absolute Gasteiger partial charge is 0.214 e. The summed E-state index contributed by atoms with van der Waals surface area (Å²) in [5.74, 6) is 0.765. The summed E-state index contributed by atoms with van der Waals surface area (Å²) in [5, 5.41) is 0. The number of halogens is 1. The second kappa shape index (κ2) is 6.19.